The summed E-state index contributed by atoms with van der Waals surface area (Å²) < 4.78 is 23.9. The number of aliphatic hydroxyl groups is 2. The van der Waals surface area contributed by atoms with Crippen molar-refractivity contribution < 1.29 is 48.3 Å². The number of ketones is 2. The summed E-state index contributed by atoms with van der Waals surface area (Å²) in [5.74, 6) is -5.61. The fraction of sp³-hybridized carbons (Fsp3) is 0.767. The number of methoxy groups -OCH3 is 2. The second-order valence-electron chi connectivity index (χ2n) is 16.9. The Labute approximate surface area is 322 Å². The van der Waals surface area contributed by atoms with E-state index in [1.54, 1.807) is 33.3 Å². The Morgan fingerprint density at radius 1 is 1.00 bits per heavy atom. The van der Waals surface area contributed by atoms with E-state index in [1.807, 2.05) is 19.9 Å². The van der Waals surface area contributed by atoms with Crippen LogP contribution in [-0.4, -0.2) is 102 Å². The summed E-state index contributed by atoms with van der Waals surface area (Å²) in [4.78, 5) is 57.4. The van der Waals surface area contributed by atoms with E-state index in [0.29, 0.717) is 69.8 Å². The van der Waals surface area contributed by atoms with Gasteiger partial charge in [0.1, 0.15) is 12.1 Å². The van der Waals surface area contributed by atoms with E-state index in [0.717, 1.165) is 18.4 Å². The molecule has 4 rings (SSSR count). The van der Waals surface area contributed by atoms with Crippen molar-refractivity contribution in [1.29, 1.82) is 0 Å². The number of cyclic esters (lactones) is 1. The zero-order valence-electron chi connectivity index (χ0n) is 33.8. The highest BCUT2D eigenvalue weighted by atomic mass is 16.7. The van der Waals surface area contributed by atoms with Crippen molar-refractivity contribution in [1.82, 2.24) is 4.90 Å². The van der Waals surface area contributed by atoms with Crippen molar-refractivity contribution in [3.05, 3.63) is 36.0 Å². The largest absolute Gasteiger partial charge is 0.460 e. The number of fused-ring (bicyclic) bond motifs is 3. The molecule has 12 atom stereocenters. The van der Waals surface area contributed by atoms with Crippen LogP contribution in [0.2, 0.25) is 0 Å². The smallest absolute Gasteiger partial charge is 0.329 e. The number of nitrogens with zero attached hydrogens (tertiary/aromatic N) is 1. The molecule has 0 aromatic rings. The van der Waals surface area contributed by atoms with Gasteiger partial charge in [-0.2, -0.15) is 0 Å². The van der Waals surface area contributed by atoms with Crippen LogP contribution in [0.15, 0.2) is 36.0 Å². The average Bonchev–Trinajstić information content (AvgIpc) is 3.15. The minimum Gasteiger partial charge on any atom is -0.460 e. The fourth-order valence-corrected chi connectivity index (χ4v) is 9.33. The first kappa shape index (κ1) is 44.0. The fourth-order valence-electron chi connectivity index (χ4n) is 9.33. The van der Waals surface area contributed by atoms with E-state index >= 15 is 0 Å². The molecule has 4 aliphatic rings. The number of rotatable bonds is 6. The molecule has 1 saturated carbocycles. The Hall–Kier alpha value is -2.70. The Morgan fingerprint density at radius 2 is 1.72 bits per heavy atom. The third kappa shape index (κ3) is 10.8. The number of piperidine rings is 1. The quantitative estimate of drug-likeness (QED) is 0.187. The van der Waals surface area contributed by atoms with Gasteiger partial charge in [0.05, 0.1) is 24.4 Å². The minimum absolute atomic E-state index is 0.0175. The molecule has 11 heteroatoms. The Kier molecular flexibility index (Phi) is 16.3. The molecule has 3 fully saturated rings. The number of hydrogen-bond acceptors (Lipinski definition) is 10. The van der Waals surface area contributed by atoms with Gasteiger partial charge in [-0.25, -0.2) is 4.79 Å². The molecule has 11 nitrogen and oxygen atoms in total. The van der Waals surface area contributed by atoms with Crippen LogP contribution in [0.3, 0.4) is 0 Å². The first-order valence-corrected chi connectivity index (χ1v) is 20.4. The monoisotopic (exact) mass is 757 g/mol. The molecule has 1 amide bonds. The number of carbonyl (C=O) groups excluding carboxylic acids is 4. The Balaban J connectivity index is 1.69. The molecular formula is C43H67NO10. The van der Waals surface area contributed by atoms with Gasteiger partial charge in [0.2, 0.25) is 5.79 Å². The van der Waals surface area contributed by atoms with Gasteiger partial charge in [0.25, 0.3) is 11.7 Å². The molecular weight excluding hydrogens is 690 g/mol. The van der Waals surface area contributed by atoms with Gasteiger partial charge in [-0.3, -0.25) is 14.4 Å². The summed E-state index contributed by atoms with van der Waals surface area (Å²) in [5.41, 5.74) is 1.61. The van der Waals surface area contributed by atoms with Gasteiger partial charge in [-0.05, 0) is 108 Å². The SMILES string of the molecule is C=C/C=C1\C=C(/C)C[C@H](C)CC[C@H]2O[C@@](O)(C(=O)C(=O)N3CCCCC3C(=O)O[C@H](C(C)CC3CC[C@@H](O)[C@H](OC)C3)[C@H](C)CCC1=O)[C@H](C)C[C@@H]2OC. The van der Waals surface area contributed by atoms with Crippen molar-refractivity contribution in [3.8, 4) is 0 Å². The summed E-state index contributed by atoms with van der Waals surface area (Å²) in [6.07, 6.45) is 10.3. The molecule has 3 heterocycles. The highest BCUT2D eigenvalue weighted by molar-refractivity contribution is 6.39. The van der Waals surface area contributed by atoms with Crippen molar-refractivity contribution >= 4 is 23.4 Å². The molecule has 2 bridgehead atoms. The van der Waals surface area contributed by atoms with Crippen LogP contribution in [0.4, 0.5) is 0 Å². The van der Waals surface area contributed by atoms with Crippen molar-refractivity contribution in [2.24, 2.45) is 29.6 Å². The molecule has 54 heavy (non-hydrogen) atoms. The number of hydrogen-bond donors (Lipinski definition) is 2. The highest BCUT2D eigenvalue weighted by Gasteiger charge is 2.55. The van der Waals surface area contributed by atoms with E-state index in [2.05, 4.69) is 20.4 Å². The molecule has 0 spiro atoms. The number of esters is 1. The maximum Gasteiger partial charge on any atom is 0.329 e. The third-order valence-corrected chi connectivity index (χ3v) is 12.6. The van der Waals surface area contributed by atoms with E-state index < -0.39 is 53.7 Å². The first-order valence-electron chi connectivity index (χ1n) is 20.4. The molecule has 0 aromatic heterocycles. The molecule has 3 aliphatic heterocycles. The standard InChI is InChI=1S/C43H67NO10/c1-9-12-32-22-27(3)21-26(2)14-19-36-38(52-8)24-30(6)43(50,54-36)40(47)41(48)44-20-11-10-13-33(44)42(49)53-39(28(4)15-17-34(32)45)29(5)23-31-16-18-35(46)37(25-31)51-7/h9,12,22,26,28-31,33,35-39,46,50H,1,10-11,13-21,23-25H2,2-8H3/b27-22+,32-12+/t26-,28-,29?,30-,31?,33?,35-,36-,37-,38+,39+,43-/m1/s1. The van der Waals surface area contributed by atoms with Gasteiger partial charge >= 0.3 is 5.97 Å². The van der Waals surface area contributed by atoms with Crippen LogP contribution in [0.1, 0.15) is 118 Å². The molecule has 2 saturated heterocycles. The lowest BCUT2D eigenvalue weighted by Crippen LogP contribution is -2.62. The van der Waals surface area contributed by atoms with E-state index in [9.17, 15) is 29.4 Å². The zero-order valence-corrected chi connectivity index (χ0v) is 33.8. The molecule has 0 aromatic carbocycles. The summed E-state index contributed by atoms with van der Waals surface area (Å²) in [6.45, 7) is 13.9. The Morgan fingerprint density at radius 3 is 2.41 bits per heavy atom. The van der Waals surface area contributed by atoms with Crippen LogP contribution in [0, 0.1) is 29.6 Å². The third-order valence-electron chi connectivity index (χ3n) is 12.6. The molecule has 1 aliphatic carbocycles. The number of Topliss-reactive ketones (excluding diaryl/α,β-unsaturated/α-hetero) is 2. The lowest BCUT2D eigenvalue weighted by Gasteiger charge is -2.45. The predicted molar refractivity (Wildman–Crippen MR) is 205 cm³/mol. The topological polar surface area (TPSA) is 149 Å². The maximum atomic E-state index is 14.2. The van der Waals surface area contributed by atoms with Gasteiger partial charge in [-0.1, -0.05) is 58.1 Å². The van der Waals surface area contributed by atoms with Crippen LogP contribution in [0.25, 0.3) is 0 Å². The summed E-state index contributed by atoms with van der Waals surface area (Å²) >= 11 is 0. The van der Waals surface area contributed by atoms with Crippen molar-refractivity contribution in [2.75, 3.05) is 20.8 Å². The molecule has 0 radical (unpaired) electrons. The summed E-state index contributed by atoms with van der Waals surface area (Å²) in [7, 11) is 3.19. The van der Waals surface area contributed by atoms with Crippen LogP contribution in [-0.2, 0) is 38.1 Å². The summed E-state index contributed by atoms with van der Waals surface area (Å²) in [6, 6.07) is -1.00. The van der Waals surface area contributed by atoms with Crippen LogP contribution >= 0.6 is 0 Å². The first-order chi connectivity index (χ1) is 25.6. The van der Waals surface area contributed by atoms with E-state index in [4.69, 9.17) is 18.9 Å². The highest BCUT2D eigenvalue weighted by Crippen LogP contribution is 2.39. The normalized spacial score (nSPS) is 39.5. The van der Waals surface area contributed by atoms with Gasteiger partial charge in [0.15, 0.2) is 5.78 Å². The minimum atomic E-state index is -2.37. The van der Waals surface area contributed by atoms with Gasteiger partial charge in [-0.15, -0.1) is 0 Å². The average molecular weight is 758 g/mol. The second-order valence-corrected chi connectivity index (χ2v) is 16.9. The number of amides is 1. The lowest BCUT2D eigenvalue weighted by atomic mass is 9.77. The van der Waals surface area contributed by atoms with Crippen molar-refractivity contribution in [2.45, 2.75) is 160 Å². The zero-order chi connectivity index (χ0) is 39.7. The summed E-state index contributed by atoms with van der Waals surface area (Å²) in [5, 5.41) is 22.3. The number of allylic oxidation sites excluding steroid dienone is 5. The predicted octanol–water partition coefficient (Wildman–Crippen LogP) is 6.04. The van der Waals surface area contributed by atoms with Crippen LogP contribution in [0.5, 0.6) is 0 Å². The molecule has 2 N–H and O–H groups in total. The van der Waals surface area contributed by atoms with Gasteiger partial charge < -0.3 is 34.1 Å². The van der Waals surface area contributed by atoms with Crippen LogP contribution < -0.4 is 0 Å². The van der Waals surface area contributed by atoms with Gasteiger partial charge in [0, 0.05) is 38.7 Å². The maximum absolute atomic E-state index is 14.2. The number of aliphatic hydroxyl groups excluding tert-OH is 1. The molecule has 3 unspecified atom stereocenters. The Bertz CT molecular complexity index is 1390. The molecule has 304 valence electrons. The second kappa shape index (κ2) is 19.9. The van der Waals surface area contributed by atoms with Crippen molar-refractivity contribution in [3.63, 3.8) is 0 Å². The number of carbonyl (C=O) groups is 4. The van der Waals surface area contributed by atoms with E-state index in [1.165, 1.54) is 4.90 Å². The lowest BCUT2D eigenvalue weighted by molar-refractivity contribution is -0.287. The van der Waals surface area contributed by atoms with E-state index in [-0.39, 0.29) is 54.6 Å². The number of ether oxygens (including phenoxy) is 4.